The van der Waals surface area contributed by atoms with Gasteiger partial charge in [-0.25, -0.2) is 8.42 Å². The topological polar surface area (TPSA) is 42.3 Å². The van der Waals surface area contributed by atoms with Crippen LogP contribution in [0.2, 0.25) is 0 Å². The largest absolute Gasteiger partial charge is 0.310 e. The van der Waals surface area contributed by atoms with E-state index in [0.29, 0.717) is 15.3 Å². The molecule has 4 nitrogen and oxygen atoms in total. The highest BCUT2D eigenvalue weighted by atomic mass is 32.2. The number of hydrogen-bond acceptors (Lipinski definition) is 3. The first-order chi connectivity index (χ1) is 29.5. The van der Waals surface area contributed by atoms with Crippen LogP contribution in [-0.2, 0) is 15.3 Å². The number of benzene rings is 9. The summed E-state index contributed by atoms with van der Waals surface area (Å²) in [6.07, 6.45) is 0. The van der Waals surface area contributed by atoms with E-state index in [2.05, 4.69) is 173 Å². The zero-order valence-corrected chi connectivity index (χ0v) is 33.2. The molecule has 0 amide bonds. The van der Waals surface area contributed by atoms with E-state index in [1.54, 1.807) is 6.07 Å². The fourth-order valence-corrected chi connectivity index (χ4v) is 12.1. The minimum Gasteiger partial charge on any atom is -0.310 e. The molecule has 9 aromatic carbocycles. The van der Waals surface area contributed by atoms with Gasteiger partial charge in [-0.2, -0.15) is 0 Å². The van der Waals surface area contributed by atoms with Gasteiger partial charge >= 0.3 is 0 Å². The Balaban J connectivity index is 1.26. The van der Waals surface area contributed by atoms with Gasteiger partial charge in [0.25, 0.3) is 0 Å². The van der Waals surface area contributed by atoms with Crippen molar-refractivity contribution in [2.75, 3.05) is 4.90 Å². The molecule has 0 saturated carbocycles. The summed E-state index contributed by atoms with van der Waals surface area (Å²) in [7, 11) is -4.11. The van der Waals surface area contributed by atoms with E-state index >= 15 is 8.42 Å². The van der Waals surface area contributed by atoms with Crippen molar-refractivity contribution in [1.29, 1.82) is 0 Å². The van der Waals surface area contributed by atoms with Crippen LogP contribution < -0.4 is 4.90 Å². The second-order valence-corrected chi connectivity index (χ2v) is 17.5. The van der Waals surface area contributed by atoms with Crippen molar-refractivity contribution in [2.24, 2.45) is 0 Å². The van der Waals surface area contributed by atoms with Crippen LogP contribution in [0.15, 0.2) is 228 Å². The number of anilines is 3. The lowest BCUT2D eigenvalue weighted by atomic mass is 9.62. The van der Waals surface area contributed by atoms with Crippen LogP contribution in [0.4, 0.5) is 17.1 Å². The molecule has 0 atom stereocenters. The van der Waals surface area contributed by atoms with Crippen LogP contribution in [0, 0.1) is 0 Å². The molecule has 0 aliphatic carbocycles. The summed E-state index contributed by atoms with van der Waals surface area (Å²) in [5.74, 6) is 0. The average Bonchev–Trinajstić information content (AvgIpc) is 3.65. The Labute approximate surface area is 348 Å². The molecule has 0 fully saturated rings. The van der Waals surface area contributed by atoms with Crippen molar-refractivity contribution in [3.63, 3.8) is 0 Å². The third-order valence-electron chi connectivity index (χ3n) is 12.5. The predicted molar refractivity (Wildman–Crippen MR) is 244 cm³/mol. The number of aromatic nitrogens is 1. The van der Waals surface area contributed by atoms with E-state index in [-0.39, 0.29) is 0 Å². The summed E-state index contributed by atoms with van der Waals surface area (Å²) < 4.78 is 33.9. The van der Waals surface area contributed by atoms with Crippen molar-refractivity contribution in [1.82, 2.24) is 4.57 Å². The van der Waals surface area contributed by atoms with Crippen LogP contribution in [0.3, 0.4) is 0 Å². The summed E-state index contributed by atoms with van der Waals surface area (Å²) >= 11 is 0. The third kappa shape index (κ3) is 4.75. The van der Waals surface area contributed by atoms with Gasteiger partial charge in [0.1, 0.15) is 4.90 Å². The molecule has 1 spiro atoms. The highest BCUT2D eigenvalue weighted by molar-refractivity contribution is 7.92. The van der Waals surface area contributed by atoms with Gasteiger partial charge in [-0.3, -0.25) is 0 Å². The zero-order valence-electron chi connectivity index (χ0n) is 32.4. The maximum absolute atomic E-state index is 15.9. The molecular formula is C55H36N2O2S. The molecule has 10 aromatic rings. The van der Waals surface area contributed by atoms with Crippen LogP contribution in [0.25, 0.3) is 49.7 Å². The Morgan fingerprint density at radius 2 is 0.900 bits per heavy atom. The van der Waals surface area contributed by atoms with E-state index in [0.717, 1.165) is 83.5 Å². The summed E-state index contributed by atoms with van der Waals surface area (Å²) in [6.45, 7) is 0. The summed E-state index contributed by atoms with van der Waals surface area (Å²) in [5, 5.41) is 1.88. The number of fused-ring (bicyclic) bond motifs is 12. The van der Waals surface area contributed by atoms with E-state index in [9.17, 15) is 0 Å². The molecular weight excluding hydrogens is 753 g/mol. The first-order valence-corrected chi connectivity index (χ1v) is 21.8. The molecule has 5 heteroatoms. The van der Waals surface area contributed by atoms with E-state index < -0.39 is 15.3 Å². The van der Waals surface area contributed by atoms with Gasteiger partial charge in [0, 0.05) is 22.1 Å². The van der Waals surface area contributed by atoms with Crippen molar-refractivity contribution in [2.45, 2.75) is 15.2 Å². The molecule has 284 valence electrons. The second-order valence-electron chi connectivity index (χ2n) is 15.6. The van der Waals surface area contributed by atoms with Crippen LogP contribution in [0.1, 0.15) is 22.3 Å². The van der Waals surface area contributed by atoms with E-state index in [4.69, 9.17) is 0 Å². The summed E-state index contributed by atoms with van der Waals surface area (Å²) in [6, 6.07) is 75.1. The number of sulfone groups is 1. The monoisotopic (exact) mass is 788 g/mol. The predicted octanol–water partition coefficient (Wildman–Crippen LogP) is 13.4. The van der Waals surface area contributed by atoms with Gasteiger partial charge in [0.05, 0.1) is 32.7 Å². The van der Waals surface area contributed by atoms with Crippen molar-refractivity contribution in [3.05, 3.63) is 241 Å². The first kappa shape index (κ1) is 34.6. The van der Waals surface area contributed by atoms with Gasteiger partial charge in [0.2, 0.25) is 9.84 Å². The average molecular weight is 789 g/mol. The molecule has 2 aliphatic rings. The molecule has 12 rings (SSSR count). The quantitative estimate of drug-likeness (QED) is 0.178. The van der Waals surface area contributed by atoms with Gasteiger partial charge in [-0.1, -0.05) is 164 Å². The van der Waals surface area contributed by atoms with E-state index in [1.807, 2.05) is 48.5 Å². The van der Waals surface area contributed by atoms with Crippen LogP contribution in [-0.4, -0.2) is 13.0 Å². The molecule has 1 aromatic heterocycles. The lowest BCUT2D eigenvalue weighted by Crippen LogP contribution is -2.42. The van der Waals surface area contributed by atoms with Gasteiger partial charge in [-0.05, 0) is 99.1 Å². The number of para-hydroxylation sites is 4. The van der Waals surface area contributed by atoms with Crippen molar-refractivity contribution in [3.8, 4) is 27.9 Å². The fourth-order valence-electron chi connectivity index (χ4n) is 10.1. The molecule has 3 heterocycles. The van der Waals surface area contributed by atoms with E-state index in [1.165, 1.54) is 0 Å². The summed E-state index contributed by atoms with van der Waals surface area (Å²) in [4.78, 5) is 2.97. The lowest BCUT2D eigenvalue weighted by Gasteiger charge is -2.49. The lowest BCUT2D eigenvalue weighted by molar-refractivity contribution is 0.579. The molecule has 0 bridgehead atoms. The van der Waals surface area contributed by atoms with Crippen molar-refractivity contribution >= 4 is 48.7 Å². The molecule has 0 unspecified atom stereocenters. The Bertz CT molecular complexity index is 3340. The Hall–Kier alpha value is -7.47. The SMILES string of the molecule is O=S1(=O)c2ccccc2C2(c3ccccc3N(c3ccccc3)c3ccccc32)c2ccc3c4ccccc4n(-c4cc(-c5ccccc5)cc(-c5ccccc5)c4)c3c21. The van der Waals surface area contributed by atoms with Gasteiger partial charge in [0.15, 0.2) is 0 Å². The number of hydrogen-bond donors (Lipinski definition) is 0. The minimum absolute atomic E-state index is 0.322. The van der Waals surface area contributed by atoms with Crippen LogP contribution in [0.5, 0.6) is 0 Å². The molecule has 2 aliphatic heterocycles. The Morgan fingerprint density at radius 1 is 0.383 bits per heavy atom. The normalized spacial score (nSPS) is 14.4. The highest BCUT2D eigenvalue weighted by Gasteiger charge is 2.54. The Kier molecular flexibility index (Phi) is 7.50. The molecule has 60 heavy (non-hydrogen) atoms. The molecule has 0 radical (unpaired) electrons. The smallest absolute Gasteiger partial charge is 0.209 e. The zero-order chi connectivity index (χ0) is 40.0. The van der Waals surface area contributed by atoms with Crippen molar-refractivity contribution < 1.29 is 8.42 Å². The van der Waals surface area contributed by atoms with Crippen LogP contribution >= 0.6 is 0 Å². The maximum Gasteiger partial charge on any atom is 0.209 e. The van der Waals surface area contributed by atoms with Gasteiger partial charge in [-0.15, -0.1) is 0 Å². The summed E-state index contributed by atoms with van der Waals surface area (Å²) in [5.41, 5.74) is 12.4. The highest BCUT2D eigenvalue weighted by Crippen LogP contribution is 2.62. The standard InChI is InChI=1S/C55H36N2O2S/c58-60(59)52-31-17-13-27-47(52)55(45-25-11-15-29-50(45)56(41-22-8-3-9-23-41)51-30-16-12-26-46(51)55)48-33-32-44-43-24-10-14-28-49(43)57(53(44)54(48)60)42-35-39(37-18-4-1-5-19-37)34-40(36-42)38-20-6-2-7-21-38/h1-36H. The minimum atomic E-state index is -4.11. The number of rotatable bonds is 4. The third-order valence-corrected chi connectivity index (χ3v) is 14.4. The molecule has 0 N–H and O–H groups in total. The number of nitrogens with zero attached hydrogens (tertiary/aromatic N) is 2. The van der Waals surface area contributed by atoms with Gasteiger partial charge < -0.3 is 9.47 Å². The second kappa shape index (κ2) is 13.0. The fraction of sp³-hybridized carbons (Fsp3) is 0.0182. The molecule has 0 saturated heterocycles. The first-order valence-electron chi connectivity index (χ1n) is 20.3. The maximum atomic E-state index is 15.9. The Morgan fingerprint density at radius 3 is 1.53 bits per heavy atom.